The number of nitrogens with zero attached hydrogens (tertiary/aromatic N) is 2. The molecule has 0 spiro atoms. The molecule has 1 heterocycles. The van der Waals surface area contributed by atoms with E-state index in [0.717, 1.165) is 27.8 Å². The summed E-state index contributed by atoms with van der Waals surface area (Å²) in [5.41, 5.74) is 3.06. The number of ether oxygens (including phenoxy) is 2. The van der Waals surface area contributed by atoms with Gasteiger partial charge in [-0.25, -0.2) is 0 Å². The van der Waals surface area contributed by atoms with E-state index in [-0.39, 0.29) is 17.2 Å². The summed E-state index contributed by atoms with van der Waals surface area (Å²) in [4.78, 5) is 49.6. The van der Waals surface area contributed by atoms with Crippen LogP contribution in [0.1, 0.15) is 43.4 Å². The van der Waals surface area contributed by atoms with E-state index in [0.29, 0.717) is 35.3 Å². The van der Waals surface area contributed by atoms with Gasteiger partial charge in [0.15, 0.2) is 11.5 Å². The van der Waals surface area contributed by atoms with Crippen molar-refractivity contribution in [2.24, 2.45) is 0 Å². The first kappa shape index (κ1) is 29.3. The van der Waals surface area contributed by atoms with E-state index in [1.165, 1.54) is 12.1 Å². The summed E-state index contributed by atoms with van der Waals surface area (Å²) < 4.78 is 11.6. The van der Waals surface area contributed by atoms with Crippen molar-refractivity contribution in [2.45, 2.75) is 33.3 Å². The third-order valence-corrected chi connectivity index (χ3v) is 7.05. The fraction of sp³-hybridized carbons (Fsp3) is 0.233. The molecular weight excluding hydrogens is 546 g/mol. The second-order valence-corrected chi connectivity index (χ2v) is 10.4. The number of hydrogen-bond acceptors (Lipinski definition) is 8. The van der Waals surface area contributed by atoms with Gasteiger partial charge in [-0.05, 0) is 83.8 Å². The van der Waals surface area contributed by atoms with Gasteiger partial charge in [0.1, 0.15) is 13.2 Å². The van der Waals surface area contributed by atoms with Crippen LogP contribution in [-0.4, -0.2) is 40.0 Å². The van der Waals surface area contributed by atoms with Crippen LogP contribution < -0.4 is 14.8 Å². The lowest BCUT2D eigenvalue weighted by molar-refractivity contribution is -0.384. The van der Waals surface area contributed by atoms with Crippen molar-refractivity contribution in [3.05, 3.63) is 98.4 Å². The highest BCUT2D eigenvalue weighted by Gasteiger charge is 2.36. The number of thioether (sulfide) groups is 1. The monoisotopic (exact) mass is 575 g/mol. The number of nitrogens with one attached hydrogen (secondary N) is 1. The highest BCUT2D eigenvalue weighted by Crippen LogP contribution is 2.35. The van der Waals surface area contributed by atoms with Crippen molar-refractivity contribution in [3.63, 3.8) is 0 Å². The molecule has 3 amide bonds. The Bertz CT molecular complexity index is 1480. The molecule has 212 valence electrons. The van der Waals surface area contributed by atoms with Crippen LogP contribution in [0, 0.1) is 10.1 Å². The number of non-ortho nitro benzene ring substituents is 1. The summed E-state index contributed by atoms with van der Waals surface area (Å²) >= 11 is 0.763. The van der Waals surface area contributed by atoms with Gasteiger partial charge in [0.2, 0.25) is 5.91 Å². The zero-order chi connectivity index (χ0) is 29.5. The summed E-state index contributed by atoms with van der Waals surface area (Å²) in [5.74, 6) is 0.220. The molecule has 4 rings (SSSR count). The fourth-order valence-electron chi connectivity index (χ4n) is 3.96. The molecule has 1 N–H and O–H groups in total. The second-order valence-electron chi connectivity index (χ2n) is 9.44. The minimum atomic E-state index is -0.554. The first-order valence-electron chi connectivity index (χ1n) is 12.9. The Morgan fingerprint density at radius 2 is 1.73 bits per heavy atom. The van der Waals surface area contributed by atoms with Crippen LogP contribution in [0.15, 0.2) is 71.6 Å². The van der Waals surface area contributed by atoms with Crippen molar-refractivity contribution in [1.82, 2.24) is 4.90 Å². The summed E-state index contributed by atoms with van der Waals surface area (Å²) in [6.07, 6.45) is 1.57. The quantitative estimate of drug-likeness (QED) is 0.159. The SMILES string of the molecule is CCOc1cc(/C=C2/SC(=O)N(CC(=O)Nc3ccc(C(C)C)cc3)C2=O)ccc1OCc1ccc([N+](=O)[O-])cc1. The highest BCUT2D eigenvalue weighted by atomic mass is 32.2. The number of imide groups is 1. The number of amides is 3. The number of nitro groups is 1. The first-order valence-corrected chi connectivity index (χ1v) is 13.7. The van der Waals surface area contributed by atoms with E-state index in [9.17, 15) is 24.5 Å². The summed E-state index contributed by atoms with van der Waals surface area (Å²) in [5, 5.41) is 13.1. The predicted octanol–water partition coefficient (Wildman–Crippen LogP) is 6.37. The summed E-state index contributed by atoms with van der Waals surface area (Å²) in [6.45, 7) is 6.11. The number of benzene rings is 3. The largest absolute Gasteiger partial charge is 0.490 e. The maximum absolute atomic E-state index is 13.0. The molecule has 0 aliphatic carbocycles. The molecule has 3 aromatic carbocycles. The van der Waals surface area contributed by atoms with Gasteiger partial charge in [-0.3, -0.25) is 29.4 Å². The fourth-order valence-corrected chi connectivity index (χ4v) is 4.80. The van der Waals surface area contributed by atoms with E-state index >= 15 is 0 Å². The minimum Gasteiger partial charge on any atom is -0.490 e. The van der Waals surface area contributed by atoms with Gasteiger partial charge < -0.3 is 14.8 Å². The van der Waals surface area contributed by atoms with Crippen LogP contribution in [0.5, 0.6) is 11.5 Å². The normalized spacial score (nSPS) is 14.0. The lowest BCUT2D eigenvalue weighted by Crippen LogP contribution is -2.36. The molecule has 0 radical (unpaired) electrons. The Morgan fingerprint density at radius 1 is 1.02 bits per heavy atom. The number of anilines is 1. The smallest absolute Gasteiger partial charge is 0.294 e. The van der Waals surface area contributed by atoms with Gasteiger partial charge in [-0.2, -0.15) is 0 Å². The number of rotatable bonds is 11. The molecule has 3 aromatic rings. The number of hydrogen-bond donors (Lipinski definition) is 1. The molecule has 0 saturated carbocycles. The maximum Gasteiger partial charge on any atom is 0.294 e. The Morgan fingerprint density at radius 3 is 2.37 bits per heavy atom. The van der Waals surface area contributed by atoms with Gasteiger partial charge in [0.25, 0.3) is 16.8 Å². The Kier molecular flexibility index (Phi) is 9.41. The van der Waals surface area contributed by atoms with Gasteiger partial charge in [0.05, 0.1) is 16.4 Å². The van der Waals surface area contributed by atoms with Crippen LogP contribution in [0.2, 0.25) is 0 Å². The molecule has 1 fully saturated rings. The minimum absolute atomic E-state index is 0.00505. The van der Waals surface area contributed by atoms with Crippen molar-refractivity contribution in [2.75, 3.05) is 18.5 Å². The zero-order valence-corrected chi connectivity index (χ0v) is 23.6. The molecule has 11 heteroatoms. The molecule has 10 nitrogen and oxygen atoms in total. The molecule has 1 aliphatic rings. The standard InChI is InChI=1S/C30H29N3O7S/c1-4-39-26-15-21(7-14-25(26)40-18-20-5-12-24(13-6-20)33(37)38)16-27-29(35)32(30(36)41-27)17-28(34)31-23-10-8-22(9-11-23)19(2)3/h5-16,19H,4,17-18H2,1-3H3,(H,31,34)/b27-16+. The van der Waals surface area contributed by atoms with Gasteiger partial charge in [-0.1, -0.05) is 32.0 Å². The van der Waals surface area contributed by atoms with Crippen molar-refractivity contribution >= 4 is 46.3 Å². The molecule has 0 bridgehead atoms. The van der Waals surface area contributed by atoms with Crippen LogP contribution in [0.25, 0.3) is 6.08 Å². The topological polar surface area (TPSA) is 128 Å². The maximum atomic E-state index is 13.0. The van der Waals surface area contributed by atoms with Crippen molar-refractivity contribution < 1.29 is 28.8 Å². The lowest BCUT2D eigenvalue weighted by atomic mass is 10.0. The predicted molar refractivity (Wildman–Crippen MR) is 157 cm³/mol. The molecule has 1 saturated heterocycles. The van der Waals surface area contributed by atoms with E-state index in [2.05, 4.69) is 19.2 Å². The Labute approximate surface area is 241 Å². The van der Waals surface area contributed by atoms with Gasteiger partial charge >= 0.3 is 0 Å². The van der Waals surface area contributed by atoms with Gasteiger partial charge in [-0.15, -0.1) is 0 Å². The molecule has 0 aromatic heterocycles. The van der Waals surface area contributed by atoms with Crippen LogP contribution in [-0.2, 0) is 16.2 Å². The van der Waals surface area contributed by atoms with Crippen molar-refractivity contribution in [1.29, 1.82) is 0 Å². The molecule has 41 heavy (non-hydrogen) atoms. The molecule has 0 unspecified atom stereocenters. The van der Waals surface area contributed by atoms with Crippen LogP contribution >= 0.6 is 11.8 Å². The van der Waals surface area contributed by atoms with Crippen LogP contribution in [0.3, 0.4) is 0 Å². The average molecular weight is 576 g/mol. The highest BCUT2D eigenvalue weighted by molar-refractivity contribution is 8.18. The molecular formula is C30H29N3O7S. The second kappa shape index (κ2) is 13.1. The number of carbonyl (C=O) groups is 3. The Hall–Kier alpha value is -4.64. The lowest BCUT2D eigenvalue weighted by Gasteiger charge is -2.13. The summed E-state index contributed by atoms with van der Waals surface area (Å²) in [7, 11) is 0. The molecule has 1 aliphatic heterocycles. The number of nitro benzene ring substituents is 1. The molecule has 0 atom stereocenters. The van der Waals surface area contributed by atoms with Crippen molar-refractivity contribution in [3.8, 4) is 11.5 Å². The third-order valence-electron chi connectivity index (χ3n) is 6.14. The van der Waals surface area contributed by atoms with E-state index in [1.807, 2.05) is 19.1 Å². The average Bonchev–Trinajstić information content (AvgIpc) is 3.20. The Balaban J connectivity index is 1.41. The number of carbonyl (C=O) groups excluding carboxylic acids is 3. The first-order chi connectivity index (χ1) is 19.6. The van der Waals surface area contributed by atoms with E-state index in [1.54, 1.807) is 48.5 Å². The summed E-state index contributed by atoms with van der Waals surface area (Å²) in [6, 6.07) is 18.6. The third kappa shape index (κ3) is 7.52. The van der Waals surface area contributed by atoms with E-state index < -0.39 is 28.5 Å². The van der Waals surface area contributed by atoms with Crippen LogP contribution in [0.4, 0.5) is 16.2 Å². The van der Waals surface area contributed by atoms with E-state index in [4.69, 9.17) is 9.47 Å². The zero-order valence-electron chi connectivity index (χ0n) is 22.8. The van der Waals surface area contributed by atoms with Gasteiger partial charge in [0, 0.05) is 17.8 Å².